The third-order valence-corrected chi connectivity index (χ3v) is 3.35. The Bertz CT molecular complexity index is 491. The van der Waals surface area contributed by atoms with Crippen LogP contribution in [-0.4, -0.2) is 15.1 Å². The van der Waals surface area contributed by atoms with Gasteiger partial charge in [0.15, 0.2) is 0 Å². The third kappa shape index (κ3) is 1.58. The topological polar surface area (TPSA) is 48.9 Å². The fourth-order valence-electron chi connectivity index (χ4n) is 2.57. The predicted octanol–water partition coefficient (Wildman–Crippen LogP) is 2.39. The molecule has 1 atom stereocenters. The summed E-state index contributed by atoms with van der Waals surface area (Å²) >= 11 is 0. The third-order valence-electron chi connectivity index (χ3n) is 3.35. The summed E-state index contributed by atoms with van der Waals surface area (Å²) in [6, 6.07) is 5.73. The van der Waals surface area contributed by atoms with Crippen LogP contribution in [0.2, 0.25) is 0 Å². The van der Waals surface area contributed by atoms with Crippen molar-refractivity contribution in [2.45, 2.75) is 25.2 Å². The number of rotatable bonds is 2. The number of phenols is 1. The van der Waals surface area contributed by atoms with Gasteiger partial charge in [0.05, 0.1) is 6.33 Å². The highest BCUT2D eigenvalue weighted by Crippen LogP contribution is 2.36. The van der Waals surface area contributed by atoms with Gasteiger partial charge >= 0.3 is 0 Å². The van der Waals surface area contributed by atoms with E-state index in [-0.39, 0.29) is 0 Å². The number of hydrogen-bond acceptors (Lipinski definition) is 2. The highest BCUT2D eigenvalue weighted by Gasteiger charge is 2.23. The Kier molecular flexibility index (Phi) is 2.17. The van der Waals surface area contributed by atoms with Crippen LogP contribution in [0.3, 0.4) is 0 Å². The largest absolute Gasteiger partial charge is 0.508 e. The van der Waals surface area contributed by atoms with Crippen molar-refractivity contribution in [3.63, 3.8) is 0 Å². The van der Waals surface area contributed by atoms with E-state index in [9.17, 15) is 5.11 Å². The molecular formula is C13H14N2O. The van der Waals surface area contributed by atoms with E-state index in [0.29, 0.717) is 11.7 Å². The van der Waals surface area contributed by atoms with Crippen LogP contribution >= 0.6 is 0 Å². The molecule has 0 bridgehead atoms. The van der Waals surface area contributed by atoms with Crippen LogP contribution in [0.1, 0.15) is 29.2 Å². The summed E-state index contributed by atoms with van der Waals surface area (Å²) in [4.78, 5) is 7.18. The number of benzene rings is 1. The first-order valence-corrected chi connectivity index (χ1v) is 5.62. The molecule has 82 valence electrons. The first-order chi connectivity index (χ1) is 7.83. The number of phenolic OH excluding ortho intramolecular Hbond substituents is 1. The van der Waals surface area contributed by atoms with E-state index in [4.69, 9.17) is 0 Å². The van der Waals surface area contributed by atoms with Crippen molar-refractivity contribution in [1.82, 2.24) is 9.97 Å². The molecule has 0 radical (unpaired) electrons. The number of hydrogen-bond donors (Lipinski definition) is 2. The van der Waals surface area contributed by atoms with Gasteiger partial charge in [0, 0.05) is 11.9 Å². The minimum Gasteiger partial charge on any atom is -0.508 e. The minimum atomic E-state index is 0.376. The molecule has 1 heterocycles. The lowest BCUT2D eigenvalue weighted by molar-refractivity contribution is 0.474. The maximum absolute atomic E-state index is 9.42. The highest BCUT2D eigenvalue weighted by atomic mass is 16.3. The molecule has 0 amide bonds. The summed E-state index contributed by atoms with van der Waals surface area (Å²) < 4.78 is 0. The van der Waals surface area contributed by atoms with Crippen molar-refractivity contribution in [2.24, 2.45) is 0 Å². The van der Waals surface area contributed by atoms with Gasteiger partial charge in [-0.25, -0.2) is 4.98 Å². The lowest BCUT2D eigenvalue weighted by atomic mass is 9.96. The summed E-state index contributed by atoms with van der Waals surface area (Å²) in [6.45, 7) is 0. The molecule has 0 saturated heterocycles. The van der Waals surface area contributed by atoms with Crippen LogP contribution in [0, 0.1) is 0 Å². The molecule has 0 saturated carbocycles. The SMILES string of the molecule is Oc1ccc2c(c1)CC[C@H]2Cc1cnc[nH]1. The number of nitrogens with one attached hydrogen (secondary N) is 1. The number of aromatic nitrogens is 2. The van der Waals surface area contributed by atoms with Crippen molar-refractivity contribution < 1.29 is 5.11 Å². The standard InChI is InChI=1S/C13H14N2O/c16-12-3-4-13-9(1-2-10(13)6-12)5-11-7-14-8-15-11/h3-4,6-9,16H,1-2,5H2,(H,14,15)/t9-/m0/s1. The molecular weight excluding hydrogens is 200 g/mol. The first kappa shape index (κ1) is 9.46. The summed E-state index contributed by atoms with van der Waals surface area (Å²) in [5.74, 6) is 0.942. The van der Waals surface area contributed by atoms with E-state index in [0.717, 1.165) is 19.3 Å². The Morgan fingerprint density at radius 3 is 3.19 bits per heavy atom. The van der Waals surface area contributed by atoms with E-state index < -0.39 is 0 Å². The smallest absolute Gasteiger partial charge is 0.115 e. The van der Waals surface area contributed by atoms with Crippen molar-refractivity contribution in [3.05, 3.63) is 47.5 Å². The van der Waals surface area contributed by atoms with Gasteiger partial charge in [-0.3, -0.25) is 0 Å². The molecule has 0 fully saturated rings. The lowest BCUT2D eigenvalue weighted by Gasteiger charge is -2.09. The maximum atomic E-state index is 9.42. The van der Waals surface area contributed by atoms with Gasteiger partial charge in [-0.2, -0.15) is 0 Å². The van der Waals surface area contributed by atoms with Gasteiger partial charge in [0.25, 0.3) is 0 Å². The molecule has 1 aromatic carbocycles. The minimum absolute atomic E-state index is 0.376. The highest BCUT2D eigenvalue weighted by molar-refractivity contribution is 5.40. The molecule has 1 aliphatic rings. The summed E-state index contributed by atoms with van der Waals surface area (Å²) in [7, 11) is 0. The first-order valence-electron chi connectivity index (χ1n) is 5.62. The number of aryl methyl sites for hydroxylation is 1. The number of fused-ring (bicyclic) bond motifs is 1. The normalized spacial score (nSPS) is 18.6. The van der Waals surface area contributed by atoms with E-state index in [2.05, 4.69) is 16.0 Å². The van der Waals surface area contributed by atoms with Gasteiger partial charge in [-0.1, -0.05) is 6.07 Å². The summed E-state index contributed by atoms with van der Waals surface area (Å²) in [5, 5.41) is 9.42. The number of aromatic hydroxyl groups is 1. The Hall–Kier alpha value is -1.77. The average molecular weight is 214 g/mol. The molecule has 0 unspecified atom stereocenters. The second-order valence-electron chi connectivity index (χ2n) is 4.40. The lowest BCUT2D eigenvalue weighted by Crippen LogP contribution is -1.98. The zero-order valence-electron chi connectivity index (χ0n) is 8.98. The Morgan fingerprint density at radius 2 is 2.38 bits per heavy atom. The molecule has 1 aliphatic carbocycles. The van der Waals surface area contributed by atoms with Crippen LogP contribution < -0.4 is 0 Å². The van der Waals surface area contributed by atoms with Crippen molar-refractivity contribution in [3.8, 4) is 5.75 Å². The van der Waals surface area contributed by atoms with Crippen molar-refractivity contribution in [2.75, 3.05) is 0 Å². The maximum Gasteiger partial charge on any atom is 0.115 e. The van der Waals surface area contributed by atoms with Gasteiger partial charge in [0.2, 0.25) is 0 Å². The van der Waals surface area contributed by atoms with Crippen LogP contribution in [0.5, 0.6) is 5.75 Å². The second-order valence-corrected chi connectivity index (χ2v) is 4.40. The average Bonchev–Trinajstić information content (AvgIpc) is 2.89. The molecule has 16 heavy (non-hydrogen) atoms. The zero-order chi connectivity index (χ0) is 11.0. The monoisotopic (exact) mass is 214 g/mol. The van der Waals surface area contributed by atoms with Crippen LogP contribution in [0.25, 0.3) is 0 Å². The number of H-pyrrole nitrogens is 1. The van der Waals surface area contributed by atoms with Gasteiger partial charge < -0.3 is 10.1 Å². The number of imidazole rings is 1. The molecule has 0 aliphatic heterocycles. The van der Waals surface area contributed by atoms with Crippen LogP contribution in [0.15, 0.2) is 30.7 Å². The predicted molar refractivity (Wildman–Crippen MR) is 61.5 cm³/mol. The molecule has 3 nitrogen and oxygen atoms in total. The van der Waals surface area contributed by atoms with E-state index in [1.54, 1.807) is 12.4 Å². The van der Waals surface area contributed by atoms with Crippen molar-refractivity contribution in [1.29, 1.82) is 0 Å². The molecule has 0 spiro atoms. The van der Waals surface area contributed by atoms with Crippen molar-refractivity contribution >= 4 is 0 Å². The van der Waals surface area contributed by atoms with Gasteiger partial charge in [-0.15, -0.1) is 0 Å². The zero-order valence-corrected chi connectivity index (χ0v) is 8.98. The van der Waals surface area contributed by atoms with E-state index in [1.165, 1.54) is 16.8 Å². The Labute approximate surface area is 94.2 Å². The molecule has 2 N–H and O–H groups in total. The number of nitrogens with zero attached hydrogens (tertiary/aromatic N) is 1. The fraction of sp³-hybridized carbons (Fsp3) is 0.308. The van der Waals surface area contributed by atoms with Gasteiger partial charge in [-0.05, 0) is 48.4 Å². The van der Waals surface area contributed by atoms with Crippen LogP contribution in [-0.2, 0) is 12.8 Å². The summed E-state index contributed by atoms with van der Waals surface area (Å²) in [5.41, 5.74) is 3.86. The molecule has 3 rings (SSSR count). The van der Waals surface area contributed by atoms with Gasteiger partial charge in [0.1, 0.15) is 5.75 Å². The quantitative estimate of drug-likeness (QED) is 0.806. The summed E-state index contributed by atoms with van der Waals surface area (Å²) in [6.07, 6.45) is 6.86. The Balaban J connectivity index is 1.86. The van der Waals surface area contributed by atoms with E-state index in [1.807, 2.05) is 12.3 Å². The molecule has 2 aromatic rings. The van der Waals surface area contributed by atoms with E-state index >= 15 is 0 Å². The number of aromatic amines is 1. The van der Waals surface area contributed by atoms with Crippen LogP contribution in [0.4, 0.5) is 0 Å². The second kappa shape index (κ2) is 3.67. The Morgan fingerprint density at radius 1 is 1.44 bits per heavy atom. The molecule has 3 heteroatoms. The molecule has 1 aromatic heterocycles. The fourth-order valence-corrected chi connectivity index (χ4v) is 2.57.